The van der Waals surface area contributed by atoms with Gasteiger partial charge in [0.25, 0.3) is 0 Å². The summed E-state index contributed by atoms with van der Waals surface area (Å²) < 4.78 is 22.8. The number of fused-ring (bicyclic) bond motifs is 4. The smallest absolute Gasteiger partial charge is 0.149 e. The van der Waals surface area contributed by atoms with Crippen LogP contribution in [-0.4, -0.2) is 9.55 Å². The molecule has 0 aliphatic carbocycles. The highest BCUT2D eigenvalue weighted by Crippen LogP contribution is 2.40. The van der Waals surface area contributed by atoms with Crippen molar-refractivity contribution >= 4 is 33.0 Å². The fourth-order valence-corrected chi connectivity index (χ4v) is 6.09. The Morgan fingerprint density at radius 3 is 2.18 bits per heavy atom. The lowest BCUT2D eigenvalue weighted by atomic mass is 9.94. The first-order chi connectivity index (χ1) is 18.9. The largest absolute Gasteiger partial charge is 0.455 e. The van der Waals surface area contributed by atoms with Crippen LogP contribution in [0.1, 0.15) is 22.3 Å². The molecule has 3 nitrogen and oxygen atoms in total. The van der Waals surface area contributed by atoms with Gasteiger partial charge in [-0.05, 0) is 104 Å². The third-order valence-corrected chi connectivity index (χ3v) is 7.75. The van der Waals surface area contributed by atoms with Gasteiger partial charge in [0.15, 0.2) is 0 Å². The average Bonchev–Trinajstić information content (AvgIpc) is 3.47. The van der Waals surface area contributed by atoms with Crippen molar-refractivity contribution < 1.29 is 8.81 Å². The molecule has 190 valence electrons. The van der Waals surface area contributed by atoms with E-state index in [0.717, 1.165) is 72.3 Å². The minimum Gasteiger partial charge on any atom is -0.455 e. The van der Waals surface area contributed by atoms with Crippen molar-refractivity contribution in [3.8, 4) is 28.2 Å². The number of aromatic nitrogens is 2. The van der Waals surface area contributed by atoms with E-state index in [0.29, 0.717) is 0 Å². The van der Waals surface area contributed by atoms with E-state index >= 15 is 0 Å². The fraction of sp³-hybridized carbons (Fsp3) is 0.114. The maximum absolute atomic E-state index is 14.0. The van der Waals surface area contributed by atoms with E-state index in [-0.39, 0.29) is 5.82 Å². The number of aryl methyl sites for hydroxylation is 4. The van der Waals surface area contributed by atoms with Gasteiger partial charge in [0.1, 0.15) is 22.8 Å². The summed E-state index contributed by atoms with van der Waals surface area (Å²) in [5, 5.41) is 2.06. The fourth-order valence-electron chi connectivity index (χ4n) is 6.09. The third-order valence-electron chi connectivity index (χ3n) is 7.75. The first-order valence-electron chi connectivity index (χ1n) is 13.2. The zero-order valence-electron chi connectivity index (χ0n) is 22.3. The predicted molar refractivity (Wildman–Crippen MR) is 158 cm³/mol. The van der Waals surface area contributed by atoms with Gasteiger partial charge in [-0.2, -0.15) is 0 Å². The highest BCUT2D eigenvalue weighted by Gasteiger charge is 2.21. The second-order valence-corrected chi connectivity index (χ2v) is 10.4. The average molecular weight is 511 g/mol. The van der Waals surface area contributed by atoms with E-state index in [4.69, 9.17) is 9.40 Å². The molecule has 2 aromatic heterocycles. The molecule has 0 amide bonds. The number of furan rings is 1. The lowest BCUT2D eigenvalue weighted by Gasteiger charge is -2.15. The van der Waals surface area contributed by atoms with Crippen LogP contribution < -0.4 is 0 Å². The zero-order chi connectivity index (χ0) is 26.8. The van der Waals surface area contributed by atoms with E-state index < -0.39 is 0 Å². The van der Waals surface area contributed by atoms with Crippen LogP contribution in [0.4, 0.5) is 4.39 Å². The van der Waals surface area contributed by atoms with Gasteiger partial charge in [0.2, 0.25) is 0 Å². The Hall–Kier alpha value is -4.70. The van der Waals surface area contributed by atoms with Crippen molar-refractivity contribution in [3.63, 3.8) is 0 Å². The molecule has 39 heavy (non-hydrogen) atoms. The molecule has 2 heterocycles. The summed E-state index contributed by atoms with van der Waals surface area (Å²) in [4.78, 5) is 5.13. The maximum Gasteiger partial charge on any atom is 0.149 e. The van der Waals surface area contributed by atoms with Crippen LogP contribution in [-0.2, 0) is 0 Å². The summed E-state index contributed by atoms with van der Waals surface area (Å²) in [6.45, 7) is 8.20. The van der Waals surface area contributed by atoms with Crippen LogP contribution in [0.2, 0.25) is 0 Å². The van der Waals surface area contributed by atoms with Crippen LogP contribution in [0.15, 0.2) is 95.4 Å². The summed E-state index contributed by atoms with van der Waals surface area (Å²) in [5.41, 5.74) is 12.0. The molecule has 0 saturated carbocycles. The standard InChI is InChI=1S/C35H27FN2O/c1-20-9-7-10-21(2)33(20)38-30-14-6-5-13-29(30)37-35(38)27-12-8-11-26-28-19-24(15-16-31(28)39-34(26)27)32-22(3)17-25(36)18-23(32)4/h5-19H,1-4H3. The number of para-hydroxylation sites is 4. The van der Waals surface area contributed by atoms with Crippen molar-refractivity contribution in [2.24, 2.45) is 0 Å². The van der Waals surface area contributed by atoms with Gasteiger partial charge in [0, 0.05) is 10.8 Å². The predicted octanol–water partition coefficient (Wildman–Crippen LogP) is 9.63. The van der Waals surface area contributed by atoms with Crippen LogP contribution in [0.5, 0.6) is 0 Å². The lowest BCUT2D eigenvalue weighted by molar-refractivity contribution is 0.625. The Balaban J connectivity index is 1.51. The number of benzene rings is 5. The Labute approximate surface area is 226 Å². The molecular weight excluding hydrogens is 483 g/mol. The molecule has 0 N–H and O–H groups in total. The van der Waals surface area contributed by atoms with Crippen molar-refractivity contribution in [3.05, 3.63) is 119 Å². The molecule has 5 aromatic carbocycles. The summed E-state index contributed by atoms with van der Waals surface area (Å²) in [7, 11) is 0. The quantitative estimate of drug-likeness (QED) is 0.237. The molecule has 7 rings (SSSR count). The SMILES string of the molecule is Cc1cc(F)cc(C)c1-c1ccc2oc3c(-c4nc5ccccc5n4-c4c(C)cccc4C)cccc3c2c1. The van der Waals surface area contributed by atoms with Crippen LogP contribution in [0, 0.1) is 33.5 Å². The number of halogens is 1. The van der Waals surface area contributed by atoms with Gasteiger partial charge in [-0.3, -0.25) is 4.57 Å². The Morgan fingerprint density at radius 1 is 0.692 bits per heavy atom. The Morgan fingerprint density at radius 2 is 1.41 bits per heavy atom. The minimum absolute atomic E-state index is 0.208. The Kier molecular flexibility index (Phi) is 5.21. The summed E-state index contributed by atoms with van der Waals surface area (Å²) in [6, 6.07) is 30.3. The number of hydrogen-bond donors (Lipinski definition) is 0. The van der Waals surface area contributed by atoms with E-state index in [1.165, 1.54) is 11.1 Å². The number of rotatable bonds is 3. The summed E-state index contributed by atoms with van der Waals surface area (Å²) in [6.07, 6.45) is 0. The zero-order valence-corrected chi connectivity index (χ0v) is 22.3. The van der Waals surface area contributed by atoms with Crippen molar-refractivity contribution in [2.45, 2.75) is 27.7 Å². The topological polar surface area (TPSA) is 31.0 Å². The van der Waals surface area contributed by atoms with Gasteiger partial charge in [0.05, 0.1) is 22.3 Å². The van der Waals surface area contributed by atoms with Crippen molar-refractivity contribution in [1.29, 1.82) is 0 Å². The number of hydrogen-bond acceptors (Lipinski definition) is 2. The molecular formula is C35H27FN2O. The van der Waals surface area contributed by atoms with Crippen molar-refractivity contribution in [1.82, 2.24) is 9.55 Å². The molecule has 4 heteroatoms. The third kappa shape index (κ3) is 3.59. The lowest BCUT2D eigenvalue weighted by Crippen LogP contribution is -2.02. The molecule has 0 spiro atoms. The second-order valence-electron chi connectivity index (χ2n) is 10.4. The molecule has 0 aliphatic heterocycles. The number of imidazole rings is 1. The molecule has 0 atom stereocenters. The molecule has 0 saturated heterocycles. The summed E-state index contributed by atoms with van der Waals surface area (Å²) >= 11 is 0. The Bertz CT molecular complexity index is 2040. The number of nitrogens with zero attached hydrogens (tertiary/aromatic N) is 2. The van der Waals surface area contributed by atoms with E-state index in [1.807, 2.05) is 26.0 Å². The van der Waals surface area contributed by atoms with Gasteiger partial charge < -0.3 is 4.42 Å². The molecule has 0 bridgehead atoms. The van der Waals surface area contributed by atoms with Crippen LogP contribution in [0.25, 0.3) is 61.2 Å². The monoisotopic (exact) mass is 510 g/mol. The first kappa shape index (κ1) is 23.4. The minimum atomic E-state index is -0.208. The second kappa shape index (κ2) is 8.67. The molecule has 0 aliphatic rings. The molecule has 0 fully saturated rings. The molecule has 0 unspecified atom stereocenters. The van der Waals surface area contributed by atoms with Crippen molar-refractivity contribution in [2.75, 3.05) is 0 Å². The van der Waals surface area contributed by atoms with E-state index in [9.17, 15) is 4.39 Å². The normalized spacial score (nSPS) is 11.7. The van der Waals surface area contributed by atoms with E-state index in [2.05, 4.69) is 85.1 Å². The van der Waals surface area contributed by atoms with Crippen LogP contribution in [0.3, 0.4) is 0 Å². The van der Waals surface area contributed by atoms with Gasteiger partial charge in [-0.1, -0.05) is 48.5 Å². The summed E-state index contributed by atoms with van der Waals surface area (Å²) in [5.74, 6) is 0.642. The van der Waals surface area contributed by atoms with Gasteiger partial charge >= 0.3 is 0 Å². The maximum atomic E-state index is 14.0. The molecule has 0 radical (unpaired) electrons. The van der Waals surface area contributed by atoms with Crippen LogP contribution >= 0.6 is 0 Å². The highest BCUT2D eigenvalue weighted by molar-refractivity contribution is 6.10. The highest BCUT2D eigenvalue weighted by atomic mass is 19.1. The van der Waals surface area contributed by atoms with Gasteiger partial charge in [-0.15, -0.1) is 0 Å². The molecule has 7 aromatic rings. The van der Waals surface area contributed by atoms with E-state index in [1.54, 1.807) is 12.1 Å². The van der Waals surface area contributed by atoms with Gasteiger partial charge in [-0.25, -0.2) is 9.37 Å². The first-order valence-corrected chi connectivity index (χ1v) is 13.2.